The predicted octanol–water partition coefficient (Wildman–Crippen LogP) is 3.03. The number of ketones is 2. The highest BCUT2D eigenvalue weighted by Gasteiger charge is 2.30. The second kappa shape index (κ2) is 4.34. The highest BCUT2D eigenvalue weighted by atomic mass is 35.5. The molecule has 1 fully saturated rings. The molecule has 2 rings (SSSR count). The summed E-state index contributed by atoms with van der Waals surface area (Å²) in [4.78, 5) is 23.0. The third-order valence-electron chi connectivity index (χ3n) is 2.81. The van der Waals surface area contributed by atoms with Gasteiger partial charge in [-0.2, -0.15) is 0 Å². The molecule has 0 saturated heterocycles. The predicted molar refractivity (Wildman–Crippen MR) is 58.1 cm³/mol. The topological polar surface area (TPSA) is 34.1 Å². The molecule has 0 radical (unpaired) electrons. The summed E-state index contributed by atoms with van der Waals surface area (Å²) in [6.07, 6.45) is 1.19. The van der Waals surface area contributed by atoms with Crippen molar-refractivity contribution in [3.05, 3.63) is 34.6 Å². The largest absolute Gasteiger partial charge is 0.300 e. The fourth-order valence-corrected chi connectivity index (χ4v) is 2.11. The van der Waals surface area contributed by atoms with Gasteiger partial charge in [-0.3, -0.25) is 9.59 Å². The molecule has 1 atom stereocenters. The number of hydrogen-bond acceptors (Lipinski definition) is 2. The molecular formula is C12H10ClFO2. The van der Waals surface area contributed by atoms with E-state index in [-0.39, 0.29) is 34.5 Å². The van der Waals surface area contributed by atoms with E-state index in [0.29, 0.717) is 12.8 Å². The van der Waals surface area contributed by atoms with Crippen LogP contribution in [0.5, 0.6) is 0 Å². The first-order valence-electron chi connectivity index (χ1n) is 5.09. The number of carbonyl (C=O) groups is 2. The van der Waals surface area contributed by atoms with Gasteiger partial charge in [-0.15, -0.1) is 0 Å². The van der Waals surface area contributed by atoms with Crippen LogP contribution < -0.4 is 0 Å². The summed E-state index contributed by atoms with van der Waals surface area (Å²) in [7, 11) is 0. The quantitative estimate of drug-likeness (QED) is 0.745. The van der Waals surface area contributed by atoms with E-state index in [0.717, 1.165) is 6.07 Å². The third kappa shape index (κ3) is 2.14. The zero-order chi connectivity index (χ0) is 11.7. The molecule has 0 aliphatic heterocycles. The van der Waals surface area contributed by atoms with Gasteiger partial charge in [0.1, 0.15) is 11.6 Å². The summed E-state index contributed by atoms with van der Waals surface area (Å²) in [6, 6.07) is 3.98. The Morgan fingerprint density at radius 3 is 2.75 bits per heavy atom. The van der Waals surface area contributed by atoms with Gasteiger partial charge in [-0.1, -0.05) is 11.6 Å². The standard InChI is InChI=1S/C12H10ClFO2/c13-8-2-4-10(11(14)6-8)12(16)7-1-3-9(15)5-7/h2,4,6-7H,1,3,5H2. The molecule has 0 N–H and O–H groups in total. The number of rotatable bonds is 2. The summed E-state index contributed by atoms with van der Waals surface area (Å²) >= 11 is 5.60. The monoisotopic (exact) mass is 240 g/mol. The molecule has 0 amide bonds. The number of halogens is 2. The van der Waals surface area contributed by atoms with Crippen LogP contribution in [0.4, 0.5) is 4.39 Å². The zero-order valence-electron chi connectivity index (χ0n) is 8.50. The molecule has 1 saturated carbocycles. The number of benzene rings is 1. The van der Waals surface area contributed by atoms with Crippen LogP contribution in [-0.2, 0) is 4.79 Å². The van der Waals surface area contributed by atoms with Gasteiger partial charge in [0.25, 0.3) is 0 Å². The van der Waals surface area contributed by atoms with Crippen molar-refractivity contribution in [1.29, 1.82) is 0 Å². The van der Waals surface area contributed by atoms with Gasteiger partial charge >= 0.3 is 0 Å². The van der Waals surface area contributed by atoms with E-state index in [1.165, 1.54) is 12.1 Å². The Bertz CT molecular complexity index is 456. The van der Waals surface area contributed by atoms with E-state index in [9.17, 15) is 14.0 Å². The molecule has 84 valence electrons. The molecule has 2 nitrogen and oxygen atoms in total. The maximum Gasteiger partial charge on any atom is 0.169 e. The van der Waals surface area contributed by atoms with E-state index in [2.05, 4.69) is 0 Å². The van der Waals surface area contributed by atoms with Gasteiger partial charge in [-0.05, 0) is 24.6 Å². The molecule has 1 aliphatic carbocycles. The Labute approximate surface area is 97.4 Å². The van der Waals surface area contributed by atoms with Crippen LogP contribution in [0, 0.1) is 11.7 Å². The van der Waals surface area contributed by atoms with Crippen molar-refractivity contribution in [2.75, 3.05) is 0 Å². The smallest absolute Gasteiger partial charge is 0.169 e. The van der Waals surface area contributed by atoms with E-state index in [4.69, 9.17) is 11.6 Å². The number of carbonyl (C=O) groups excluding carboxylic acids is 2. The second-order valence-corrected chi connectivity index (χ2v) is 4.40. The third-order valence-corrected chi connectivity index (χ3v) is 3.05. The molecule has 1 aromatic rings. The second-order valence-electron chi connectivity index (χ2n) is 3.97. The first-order chi connectivity index (χ1) is 7.58. The molecule has 0 spiro atoms. The van der Waals surface area contributed by atoms with Crippen LogP contribution in [0.25, 0.3) is 0 Å². The molecule has 16 heavy (non-hydrogen) atoms. The average Bonchev–Trinajstić information content (AvgIpc) is 2.64. The molecule has 4 heteroatoms. The van der Waals surface area contributed by atoms with Crippen molar-refractivity contribution < 1.29 is 14.0 Å². The summed E-state index contributed by atoms with van der Waals surface area (Å²) < 4.78 is 13.5. The average molecular weight is 241 g/mol. The van der Waals surface area contributed by atoms with E-state index >= 15 is 0 Å². The normalized spacial score (nSPS) is 20.1. The molecule has 1 unspecified atom stereocenters. The maximum atomic E-state index is 13.5. The van der Waals surface area contributed by atoms with Gasteiger partial charge in [0, 0.05) is 23.8 Å². The Kier molecular flexibility index (Phi) is 3.06. The van der Waals surface area contributed by atoms with Crippen LogP contribution in [-0.4, -0.2) is 11.6 Å². The van der Waals surface area contributed by atoms with Crippen molar-refractivity contribution in [2.24, 2.45) is 5.92 Å². The highest BCUT2D eigenvalue weighted by molar-refractivity contribution is 6.30. The number of hydrogen-bond donors (Lipinski definition) is 0. The molecule has 0 aromatic heterocycles. The fraction of sp³-hybridized carbons (Fsp3) is 0.333. The first kappa shape index (κ1) is 11.3. The Balaban J connectivity index is 2.24. The summed E-state index contributed by atoms with van der Waals surface area (Å²) in [6.45, 7) is 0. The van der Waals surface area contributed by atoms with Crippen molar-refractivity contribution in [2.45, 2.75) is 19.3 Å². The van der Waals surface area contributed by atoms with Crippen molar-refractivity contribution in [1.82, 2.24) is 0 Å². The molecule has 1 aromatic carbocycles. The van der Waals surface area contributed by atoms with Crippen molar-refractivity contribution in [3.8, 4) is 0 Å². The summed E-state index contributed by atoms with van der Waals surface area (Å²) in [5.41, 5.74) is 0.0316. The molecule has 0 bridgehead atoms. The van der Waals surface area contributed by atoms with Gasteiger partial charge in [0.2, 0.25) is 0 Å². The summed E-state index contributed by atoms with van der Waals surface area (Å²) in [5, 5.41) is 0.261. The lowest BCUT2D eigenvalue weighted by atomic mass is 9.96. The lowest BCUT2D eigenvalue weighted by Crippen LogP contribution is -2.13. The van der Waals surface area contributed by atoms with Gasteiger partial charge in [0.15, 0.2) is 5.78 Å². The van der Waals surface area contributed by atoms with Crippen LogP contribution in [0.3, 0.4) is 0 Å². The van der Waals surface area contributed by atoms with Crippen LogP contribution in [0.2, 0.25) is 5.02 Å². The van der Waals surface area contributed by atoms with Gasteiger partial charge < -0.3 is 0 Å². The fourth-order valence-electron chi connectivity index (χ4n) is 1.95. The van der Waals surface area contributed by atoms with Crippen molar-refractivity contribution in [3.63, 3.8) is 0 Å². The summed E-state index contributed by atoms with van der Waals surface area (Å²) in [5.74, 6) is -1.19. The van der Waals surface area contributed by atoms with Crippen LogP contribution >= 0.6 is 11.6 Å². The Morgan fingerprint density at radius 1 is 1.44 bits per heavy atom. The van der Waals surface area contributed by atoms with E-state index in [1.807, 2.05) is 0 Å². The van der Waals surface area contributed by atoms with E-state index in [1.54, 1.807) is 0 Å². The zero-order valence-corrected chi connectivity index (χ0v) is 9.26. The van der Waals surface area contributed by atoms with Gasteiger partial charge in [0.05, 0.1) is 5.56 Å². The molecule has 0 heterocycles. The molecular weight excluding hydrogens is 231 g/mol. The Hall–Kier alpha value is -1.22. The minimum Gasteiger partial charge on any atom is -0.300 e. The SMILES string of the molecule is O=C1CCC(C(=O)c2ccc(Cl)cc2F)C1. The minimum absolute atomic E-state index is 0.0316. The Morgan fingerprint density at radius 2 is 2.19 bits per heavy atom. The number of Topliss-reactive ketones (excluding diaryl/α,β-unsaturated/α-hetero) is 2. The van der Waals surface area contributed by atoms with E-state index < -0.39 is 5.82 Å². The van der Waals surface area contributed by atoms with Gasteiger partial charge in [-0.25, -0.2) is 4.39 Å². The van der Waals surface area contributed by atoms with Crippen molar-refractivity contribution >= 4 is 23.2 Å². The maximum absolute atomic E-state index is 13.5. The lowest BCUT2D eigenvalue weighted by Gasteiger charge is -2.07. The minimum atomic E-state index is -0.614. The van der Waals surface area contributed by atoms with Crippen LogP contribution in [0.1, 0.15) is 29.6 Å². The molecule has 1 aliphatic rings. The lowest BCUT2D eigenvalue weighted by molar-refractivity contribution is -0.117. The highest BCUT2D eigenvalue weighted by Crippen LogP contribution is 2.27. The first-order valence-corrected chi connectivity index (χ1v) is 5.46. The van der Waals surface area contributed by atoms with Crippen LogP contribution in [0.15, 0.2) is 18.2 Å².